The number of nitrogens with zero attached hydrogens (tertiary/aromatic N) is 6. The SMILES string of the molecule is CC(C#N)(C#N)C1C(=C(C#N)C#N)C1=C(C#N)C#N. The monoisotopic (exact) mass is 244 g/mol. The van der Waals surface area contributed by atoms with E-state index in [9.17, 15) is 0 Å². The standard InChI is InChI=1S/C13H4N6/c1-13(6-18,7-19)12-10(8(2-14)3-15)11(12)9(4-16)5-17/h12H,1H3. The molecule has 0 bridgehead atoms. The third-order valence-electron chi connectivity index (χ3n) is 2.81. The average molecular weight is 244 g/mol. The van der Waals surface area contributed by atoms with E-state index in [1.165, 1.54) is 6.92 Å². The van der Waals surface area contributed by atoms with Crippen LogP contribution in [0.4, 0.5) is 0 Å². The van der Waals surface area contributed by atoms with Crippen LogP contribution < -0.4 is 0 Å². The van der Waals surface area contributed by atoms with Gasteiger partial charge >= 0.3 is 0 Å². The van der Waals surface area contributed by atoms with Gasteiger partial charge in [-0.25, -0.2) is 0 Å². The lowest BCUT2D eigenvalue weighted by molar-refractivity contribution is 0.540. The summed E-state index contributed by atoms with van der Waals surface area (Å²) in [6.07, 6.45) is 0. The summed E-state index contributed by atoms with van der Waals surface area (Å²) in [6.45, 7) is 1.34. The Kier molecular flexibility index (Phi) is 3.36. The Hall–Kier alpha value is -3.58. The molecule has 86 valence electrons. The lowest BCUT2D eigenvalue weighted by Gasteiger charge is -2.07. The molecule has 19 heavy (non-hydrogen) atoms. The van der Waals surface area contributed by atoms with E-state index in [0.29, 0.717) is 0 Å². The van der Waals surface area contributed by atoms with E-state index in [1.54, 1.807) is 36.4 Å². The summed E-state index contributed by atoms with van der Waals surface area (Å²) in [5, 5.41) is 53.4. The first-order chi connectivity index (χ1) is 9.04. The van der Waals surface area contributed by atoms with Crippen molar-refractivity contribution in [2.24, 2.45) is 11.3 Å². The summed E-state index contributed by atoms with van der Waals surface area (Å²) < 4.78 is 0. The molecule has 1 rings (SSSR count). The van der Waals surface area contributed by atoms with Crippen LogP contribution in [0.25, 0.3) is 0 Å². The molecule has 0 heterocycles. The second-order valence-electron chi connectivity index (χ2n) is 3.88. The van der Waals surface area contributed by atoms with Crippen molar-refractivity contribution in [2.75, 3.05) is 0 Å². The molecule has 0 N–H and O–H groups in total. The minimum absolute atomic E-state index is 0.147. The number of hydrogen-bond donors (Lipinski definition) is 0. The van der Waals surface area contributed by atoms with Crippen molar-refractivity contribution in [1.82, 2.24) is 0 Å². The molecular formula is C13H4N6. The molecule has 0 amide bonds. The number of allylic oxidation sites excluding steroid dienone is 4. The molecule has 0 aromatic heterocycles. The quantitative estimate of drug-likeness (QED) is 0.637. The van der Waals surface area contributed by atoms with Gasteiger partial charge in [0.25, 0.3) is 0 Å². The van der Waals surface area contributed by atoms with Crippen molar-refractivity contribution in [2.45, 2.75) is 6.92 Å². The molecule has 1 aliphatic carbocycles. The van der Waals surface area contributed by atoms with Gasteiger partial charge in [-0.2, -0.15) is 31.6 Å². The molecule has 0 aromatic carbocycles. The van der Waals surface area contributed by atoms with Gasteiger partial charge in [0, 0.05) is 5.92 Å². The molecule has 6 heteroatoms. The van der Waals surface area contributed by atoms with Crippen LogP contribution in [0.5, 0.6) is 0 Å². The van der Waals surface area contributed by atoms with Crippen LogP contribution in [0.3, 0.4) is 0 Å². The lowest BCUT2D eigenvalue weighted by Crippen LogP contribution is -2.14. The Balaban J connectivity index is 3.65. The van der Waals surface area contributed by atoms with Gasteiger partial charge in [0.1, 0.15) is 35.4 Å². The van der Waals surface area contributed by atoms with Gasteiger partial charge in [0.15, 0.2) is 5.41 Å². The molecule has 0 unspecified atom stereocenters. The first-order valence-electron chi connectivity index (χ1n) is 4.96. The first-order valence-corrected chi connectivity index (χ1v) is 4.96. The van der Waals surface area contributed by atoms with Gasteiger partial charge in [-0.05, 0) is 18.1 Å². The summed E-state index contributed by atoms with van der Waals surface area (Å²) >= 11 is 0. The van der Waals surface area contributed by atoms with Crippen LogP contribution >= 0.6 is 0 Å². The summed E-state index contributed by atoms with van der Waals surface area (Å²) in [6, 6.07) is 10.2. The summed E-state index contributed by atoms with van der Waals surface area (Å²) in [5.41, 5.74) is -1.77. The lowest BCUT2D eigenvalue weighted by atomic mass is 9.87. The van der Waals surface area contributed by atoms with Gasteiger partial charge in [-0.15, -0.1) is 0 Å². The molecule has 0 aromatic rings. The first kappa shape index (κ1) is 13.5. The number of nitriles is 6. The molecule has 0 spiro atoms. The maximum absolute atomic E-state index is 9.04. The van der Waals surface area contributed by atoms with Crippen molar-refractivity contribution < 1.29 is 0 Å². The fourth-order valence-electron chi connectivity index (χ4n) is 1.80. The van der Waals surface area contributed by atoms with Crippen molar-refractivity contribution in [1.29, 1.82) is 31.6 Å². The zero-order valence-electron chi connectivity index (χ0n) is 9.76. The molecule has 0 saturated heterocycles. The van der Waals surface area contributed by atoms with Crippen LogP contribution in [0, 0.1) is 79.3 Å². The topological polar surface area (TPSA) is 143 Å². The predicted octanol–water partition coefficient (Wildman–Crippen LogP) is 1.36. The Bertz CT molecular complexity index is 661. The molecule has 6 nitrogen and oxygen atoms in total. The minimum Gasteiger partial charge on any atom is -0.197 e. The van der Waals surface area contributed by atoms with E-state index < -0.39 is 11.3 Å². The maximum atomic E-state index is 9.04. The van der Waals surface area contributed by atoms with Crippen molar-refractivity contribution in [3.8, 4) is 36.4 Å². The van der Waals surface area contributed by atoms with Gasteiger partial charge in [-0.1, -0.05) is 0 Å². The van der Waals surface area contributed by atoms with E-state index in [0.717, 1.165) is 0 Å². The van der Waals surface area contributed by atoms with Gasteiger partial charge < -0.3 is 0 Å². The van der Waals surface area contributed by atoms with Crippen LogP contribution in [0.1, 0.15) is 6.92 Å². The van der Waals surface area contributed by atoms with Crippen LogP contribution in [-0.2, 0) is 0 Å². The predicted molar refractivity (Wildman–Crippen MR) is 59.3 cm³/mol. The zero-order chi connectivity index (χ0) is 14.6. The molecule has 1 aliphatic rings. The highest BCUT2D eigenvalue weighted by atomic mass is 14.6. The normalized spacial score (nSPS) is 15.6. The Morgan fingerprint density at radius 2 is 1.11 bits per heavy atom. The number of rotatable bonds is 1. The van der Waals surface area contributed by atoms with Crippen molar-refractivity contribution >= 4 is 0 Å². The highest BCUT2D eigenvalue weighted by molar-refractivity contribution is 5.72. The highest BCUT2D eigenvalue weighted by Gasteiger charge is 2.55. The maximum Gasteiger partial charge on any atom is 0.152 e. The third kappa shape index (κ3) is 1.88. The van der Waals surface area contributed by atoms with Crippen molar-refractivity contribution in [3.05, 3.63) is 22.3 Å². The van der Waals surface area contributed by atoms with Gasteiger partial charge in [0.05, 0.1) is 12.1 Å². The number of hydrogen-bond acceptors (Lipinski definition) is 6. The fourth-order valence-corrected chi connectivity index (χ4v) is 1.80. The van der Waals surface area contributed by atoms with Crippen LogP contribution in [-0.4, -0.2) is 0 Å². The Morgan fingerprint density at radius 1 is 0.789 bits per heavy atom. The molecule has 1 fully saturated rings. The second kappa shape index (κ2) is 4.73. The molecule has 1 saturated carbocycles. The summed E-state index contributed by atoms with van der Waals surface area (Å²) in [7, 11) is 0. The molecule has 0 radical (unpaired) electrons. The van der Waals surface area contributed by atoms with E-state index >= 15 is 0 Å². The molecular weight excluding hydrogens is 240 g/mol. The van der Waals surface area contributed by atoms with Gasteiger partial charge in [-0.3, -0.25) is 0 Å². The highest BCUT2D eigenvalue weighted by Crippen LogP contribution is 2.57. The van der Waals surface area contributed by atoms with E-state index in [-0.39, 0.29) is 22.3 Å². The smallest absolute Gasteiger partial charge is 0.152 e. The largest absolute Gasteiger partial charge is 0.197 e. The minimum atomic E-state index is -1.51. The van der Waals surface area contributed by atoms with E-state index in [2.05, 4.69) is 0 Å². The average Bonchev–Trinajstić information content (AvgIpc) is 3.17. The summed E-state index contributed by atoms with van der Waals surface area (Å²) in [5.74, 6) is -0.842. The molecule has 0 aliphatic heterocycles. The van der Waals surface area contributed by atoms with Crippen molar-refractivity contribution in [3.63, 3.8) is 0 Å². The van der Waals surface area contributed by atoms with E-state index in [4.69, 9.17) is 31.6 Å². The second-order valence-corrected chi connectivity index (χ2v) is 3.88. The zero-order valence-corrected chi connectivity index (χ0v) is 9.76. The van der Waals surface area contributed by atoms with Crippen LogP contribution in [0.15, 0.2) is 22.3 Å². The molecule has 0 atom stereocenters. The third-order valence-corrected chi connectivity index (χ3v) is 2.81. The van der Waals surface area contributed by atoms with E-state index in [1.807, 2.05) is 0 Å². The Morgan fingerprint density at radius 3 is 1.32 bits per heavy atom. The van der Waals surface area contributed by atoms with Crippen LogP contribution in [0.2, 0.25) is 0 Å². The van der Waals surface area contributed by atoms with Gasteiger partial charge in [0.2, 0.25) is 0 Å². The Labute approximate surface area is 109 Å². The fraction of sp³-hybridized carbons (Fsp3) is 0.231. The summed E-state index contributed by atoms with van der Waals surface area (Å²) in [4.78, 5) is 0.